The first kappa shape index (κ1) is 11.5. The first-order chi connectivity index (χ1) is 8.38. The molecule has 0 saturated carbocycles. The molecule has 1 atom stereocenters. The number of fused-ring (bicyclic) bond motifs is 1. The van der Waals surface area contributed by atoms with E-state index in [1.54, 1.807) is 0 Å². The average molecular weight is 252 g/mol. The van der Waals surface area contributed by atoms with E-state index in [2.05, 4.69) is 11.0 Å². The molecule has 1 saturated heterocycles. The fourth-order valence-electron chi connectivity index (χ4n) is 2.74. The third-order valence-electron chi connectivity index (χ3n) is 3.71. The van der Waals surface area contributed by atoms with Crippen molar-refractivity contribution in [2.45, 2.75) is 31.8 Å². The molecule has 0 bridgehead atoms. The molecule has 2 aliphatic rings. The highest BCUT2D eigenvalue weighted by molar-refractivity contribution is 7.16. The number of piperidine rings is 1. The predicted molar refractivity (Wildman–Crippen MR) is 71.8 cm³/mol. The Bertz CT molecular complexity index is 385. The molecule has 94 valence electrons. The van der Waals surface area contributed by atoms with E-state index in [0.717, 1.165) is 13.0 Å². The minimum Gasteiger partial charge on any atom is -0.372 e. The van der Waals surface area contributed by atoms with Crippen LogP contribution in [0.15, 0.2) is 6.07 Å². The summed E-state index contributed by atoms with van der Waals surface area (Å²) in [7, 11) is 0. The van der Waals surface area contributed by atoms with Gasteiger partial charge >= 0.3 is 0 Å². The summed E-state index contributed by atoms with van der Waals surface area (Å²) in [5.41, 5.74) is 7.12. The summed E-state index contributed by atoms with van der Waals surface area (Å²) < 4.78 is 5.72. The van der Waals surface area contributed by atoms with Gasteiger partial charge in [0.1, 0.15) is 0 Å². The number of hydrogen-bond donors (Lipinski definition) is 1. The van der Waals surface area contributed by atoms with E-state index in [1.165, 1.54) is 47.8 Å². The lowest BCUT2D eigenvalue weighted by Crippen LogP contribution is -2.28. The molecule has 3 nitrogen and oxygen atoms in total. The van der Waals surface area contributed by atoms with Crippen LogP contribution in [0.1, 0.15) is 35.8 Å². The van der Waals surface area contributed by atoms with Crippen LogP contribution in [0, 0.1) is 0 Å². The Balaban J connectivity index is 1.84. The number of anilines is 1. The van der Waals surface area contributed by atoms with Crippen molar-refractivity contribution < 1.29 is 4.74 Å². The van der Waals surface area contributed by atoms with Crippen LogP contribution >= 0.6 is 11.3 Å². The van der Waals surface area contributed by atoms with Crippen molar-refractivity contribution in [2.75, 3.05) is 31.1 Å². The Morgan fingerprint density at radius 1 is 1.35 bits per heavy atom. The van der Waals surface area contributed by atoms with Crippen molar-refractivity contribution in [1.82, 2.24) is 0 Å². The standard InChI is InChI=1S/C13H20N2OS/c14-9-11-10-8-13(15-5-2-1-3-6-15)17-12(10)4-7-16-11/h8,11H,1-7,9,14H2. The van der Waals surface area contributed by atoms with Crippen LogP contribution in [-0.2, 0) is 11.2 Å². The van der Waals surface area contributed by atoms with Crippen molar-refractivity contribution in [3.8, 4) is 0 Å². The fraction of sp³-hybridized carbons (Fsp3) is 0.692. The highest BCUT2D eigenvalue weighted by atomic mass is 32.1. The van der Waals surface area contributed by atoms with Gasteiger partial charge in [0.25, 0.3) is 0 Å². The van der Waals surface area contributed by atoms with Crippen molar-refractivity contribution >= 4 is 16.3 Å². The molecule has 2 N–H and O–H groups in total. The minimum atomic E-state index is 0.133. The van der Waals surface area contributed by atoms with Gasteiger partial charge in [-0.25, -0.2) is 0 Å². The summed E-state index contributed by atoms with van der Waals surface area (Å²) >= 11 is 1.95. The van der Waals surface area contributed by atoms with Gasteiger partial charge in [0.05, 0.1) is 17.7 Å². The van der Waals surface area contributed by atoms with Crippen LogP contribution in [-0.4, -0.2) is 26.2 Å². The molecule has 1 aromatic heterocycles. The summed E-state index contributed by atoms with van der Waals surface area (Å²) in [6.45, 7) is 3.86. The van der Waals surface area contributed by atoms with Crippen molar-refractivity contribution in [1.29, 1.82) is 0 Å². The number of nitrogens with zero attached hydrogens (tertiary/aromatic N) is 1. The molecule has 1 unspecified atom stereocenters. The quantitative estimate of drug-likeness (QED) is 0.878. The van der Waals surface area contributed by atoms with Crippen molar-refractivity contribution in [2.24, 2.45) is 5.73 Å². The third kappa shape index (κ3) is 2.21. The molecule has 4 heteroatoms. The zero-order valence-corrected chi connectivity index (χ0v) is 11.0. The van der Waals surface area contributed by atoms with Gasteiger partial charge in [-0.1, -0.05) is 0 Å². The second-order valence-corrected chi connectivity index (χ2v) is 5.97. The van der Waals surface area contributed by atoms with Gasteiger partial charge in [-0.2, -0.15) is 0 Å². The summed E-state index contributed by atoms with van der Waals surface area (Å²) in [5.74, 6) is 0. The van der Waals surface area contributed by atoms with Crippen LogP contribution in [0.25, 0.3) is 0 Å². The zero-order chi connectivity index (χ0) is 11.7. The topological polar surface area (TPSA) is 38.5 Å². The molecule has 3 heterocycles. The lowest BCUT2D eigenvalue weighted by Gasteiger charge is -2.27. The lowest BCUT2D eigenvalue weighted by atomic mass is 10.1. The summed E-state index contributed by atoms with van der Waals surface area (Å²) in [5, 5.41) is 1.43. The molecule has 0 spiro atoms. The maximum absolute atomic E-state index is 5.77. The Morgan fingerprint density at radius 3 is 2.94 bits per heavy atom. The minimum absolute atomic E-state index is 0.133. The molecule has 0 radical (unpaired) electrons. The second kappa shape index (κ2) is 4.96. The van der Waals surface area contributed by atoms with Crippen molar-refractivity contribution in [3.05, 3.63) is 16.5 Å². The van der Waals surface area contributed by atoms with E-state index in [-0.39, 0.29) is 6.10 Å². The summed E-state index contributed by atoms with van der Waals surface area (Å²) in [6, 6.07) is 2.32. The number of rotatable bonds is 2. The molecule has 17 heavy (non-hydrogen) atoms. The molecule has 0 aromatic carbocycles. The Hall–Kier alpha value is -0.580. The van der Waals surface area contributed by atoms with Gasteiger partial charge in [0.2, 0.25) is 0 Å². The van der Waals surface area contributed by atoms with E-state index >= 15 is 0 Å². The smallest absolute Gasteiger partial charge is 0.0958 e. The Labute approximate surface area is 107 Å². The summed E-state index contributed by atoms with van der Waals surface area (Å²) in [6.07, 6.45) is 5.24. The van der Waals surface area contributed by atoms with Gasteiger partial charge in [-0.3, -0.25) is 0 Å². The van der Waals surface area contributed by atoms with Gasteiger partial charge in [0.15, 0.2) is 0 Å². The molecule has 1 aromatic rings. The first-order valence-corrected chi connectivity index (χ1v) is 7.39. The molecular weight excluding hydrogens is 232 g/mol. The fourth-order valence-corrected chi connectivity index (χ4v) is 3.99. The van der Waals surface area contributed by atoms with Gasteiger partial charge in [0, 0.05) is 30.9 Å². The number of nitrogens with two attached hydrogens (primary N) is 1. The number of ether oxygens (including phenoxy) is 1. The van der Waals surface area contributed by atoms with Gasteiger partial charge < -0.3 is 15.4 Å². The van der Waals surface area contributed by atoms with Crippen molar-refractivity contribution in [3.63, 3.8) is 0 Å². The van der Waals surface area contributed by atoms with Crippen LogP contribution in [0.5, 0.6) is 0 Å². The number of hydrogen-bond acceptors (Lipinski definition) is 4. The van der Waals surface area contributed by atoms with Crippen LogP contribution < -0.4 is 10.6 Å². The van der Waals surface area contributed by atoms with Gasteiger partial charge in [-0.15, -0.1) is 11.3 Å². The Kier molecular flexibility index (Phi) is 3.36. The maximum Gasteiger partial charge on any atom is 0.0958 e. The van der Waals surface area contributed by atoms with Crippen LogP contribution in [0.2, 0.25) is 0 Å². The normalized spacial score (nSPS) is 24.8. The third-order valence-corrected chi connectivity index (χ3v) is 4.98. The van der Waals surface area contributed by atoms with E-state index in [9.17, 15) is 0 Å². The number of thiophene rings is 1. The molecule has 2 aliphatic heterocycles. The average Bonchev–Trinajstić information content (AvgIpc) is 2.83. The van der Waals surface area contributed by atoms with Gasteiger partial charge in [-0.05, 0) is 30.9 Å². The zero-order valence-electron chi connectivity index (χ0n) is 10.2. The maximum atomic E-state index is 5.77. The predicted octanol–water partition coefficient (Wildman–Crippen LogP) is 2.31. The van der Waals surface area contributed by atoms with Crippen LogP contribution in [0.3, 0.4) is 0 Å². The second-order valence-electron chi connectivity index (χ2n) is 4.86. The van der Waals surface area contributed by atoms with E-state index in [4.69, 9.17) is 10.5 Å². The lowest BCUT2D eigenvalue weighted by molar-refractivity contribution is 0.0498. The molecule has 0 amide bonds. The van der Waals surface area contributed by atoms with E-state index in [0.29, 0.717) is 6.54 Å². The van der Waals surface area contributed by atoms with E-state index in [1.807, 2.05) is 11.3 Å². The van der Waals surface area contributed by atoms with E-state index < -0.39 is 0 Å². The first-order valence-electron chi connectivity index (χ1n) is 6.57. The molecule has 3 rings (SSSR count). The molecule has 1 fully saturated rings. The highest BCUT2D eigenvalue weighted by Gasteiger charge is 2.24. The Morgan fingerprint density at radius 2 is 2.18 bits per heavy atom. The highest BCUT2D eigenvalue weighted by Crippen LogP contribution is 2.38. The molecular formula is C13H20N2OS. The summed E-state index contributed by atoms with van der Waals surface area (Å²) in [4.78, 5) is 4.02. The largest absolute Gasteiger partial charge is 0.372 e. The SMILES string of the molecule is NCC1OCCc2sc(N3CCCCC3)cc21. The molecule has 0 aliphatic carbocycles. The monoisotopic (exact) mass is 252 g/mol. The van der Waals surface area contributed by atoms with Crippen LogP contribution in [0.4, 0.5) is 5.00 Å².